The van der Waals surface area contributed by atoms with Crippen LogP contribution in [0, 0.1) is 0 Å². The monoisotopic (exact) mass is 226 g/mol. The number of hydrogen-bond donors (Lipinski definition) is 2. The number of rotatable bonds is 3. The zero-order valence-corrected chi connectivity index (χ0v) is 9.32. The summed E-state index contributed by atoms with van der Waals surface area (Å²) >= 11 is 0. The Balaban J connectivity index is 2.15. The Labute approximate surface area is 100 Å². The highest BCUT2D eigenvalue weighted by atomic mass is 16.3. The second-order valence-electron chi connectivity index (χ2n) is 3.77. The minimum Gasteiger partial charge on any atom is -0.508 e. The molecular weight excluding hydrogens is 212 g/mol. The van der Waals surface area contributed by atoms with Gasteiger partial charge < -0.3 is 10.2 Å². The van der Waals surface area contributed by atoms with Crippen LogP contribution in [0.5, 0.6) is 5.75 Å². The van der Waals surface area contributed by atoms with Gasteiger partial charge in [0.05, 0.1) is 0 Å². The summed E-state index contributed by atoms with van der Waals surface area (Å²) < 4.78 is 0. The molecule has 1 unspecified atom stereocenters. The van der Waals surface area contributed by atoms with Crippen LogP contribution in [0.4, 0.5) is 0 Å². The maximum atomic E-state index is 9.92. The van der Waals surface area contributed by atoms with Crippen LogP contribution in [-0.2, 0) is 0 Å². The fourth-order valence-electron chi connectivity index (χ4n) is 1.61. The van der Waals surface area contributed by atoms with E-state index in [1.807, 2.05) is 36.4 Å². The van der Waals surface area contributed by atoms with Crippen molar-refractivity contribution in [1.29, 1.82) is 0 Å². The fraction of sp³-hybridized carbons (Fsp3) is 0.0667. The molecule has 0 fully saturated rings. The van der Waals surface area contributed by atoms with E-state index in [1.165, 1.54) is 0 Å². The third-order valence-electron chi connectivity index (χ3n) is 2.53. The second-order valence-corrected chi connectivity index (χ2v) is 3.77. The molecule has 0 saturated carbocycles. The van der Waals surface area contributed by atoms with Gasteiger partial charge in [0.15, 0.2) is 0 Å². The third kappa shape index (κ3) is 2.95. The topological polar surface area (TPSA) is 40.5 Å². The number of aromatic hydroxyl groups is 1. The molecule has 0 aliphatic rings. The predicted octanol–water partition coefficient (Wildman–Crippen LogP) is 3.14. The van der Waals surface area contributed by atoms with Crippen LogP contribution < -0.4 is 0 Å². The summed E-state index contributed by atoms with van der Waals surface area (Å²) in [5.41, 5.74) is 1.53. The SMILES string of the molecule is Oc1ccccc1C(O)C=Cc1ccccc1. The molecule has 2 nitrogen and oxygen atoms in total. The van der Waals surface area contributed by atoms with Crippen LogP contribution in [0.3, 0.4) is 0 Å². The van der Waals surface area contributed by atoms with E-state index >= 15 is 0 Å². The van der Waals surface area contributed by atoms with Crippen LogP contribution in [0.1, 0.15) is 17.2 Å². The number of para-hydroxylation sites is 1. The lowest BCUT2D eigenvalue weighted by atomic mass is 10.1. The number of phenols is 1. The number of benzene rings is 2. The number of phenolic OH excluding ortho intramolecular Hbond substituents is 1. The summed E-state index contributed by atoms with van der Waals surface area (Å²) in [7, 11) is 0. The number of hydrogen-bond acceptors (Lipinski definition) is 2. The lowest BCUT2D eigenvalue weighted by Gasteiger charge is -2.07. The normalized spacial score (nSPS) is 12.8. The van der Waals surface area contributed by atoms with Gasteiger partial charge in [0.25, 0.3) is 0 Å². The first-order valence-electron chi connectivity index (χ1n) is 5.46. The summed E-state index contributed by atoms with van der Waals surface area (Å²) in [5.74, 6) is 0.109. The van der Waals surface area contributed by atoms with E-state index in [4.69, 9.17) is 0 Å². The van der Waals surface area contributed by atoms with E-state index < -0.39 is 6.10 Å². The molecule has 17 heavy (non-hydrogen) atoms. The maximum Gasteiger partial charge on any atom is 0.121 e. The molecule has 0 aliphatic heterocycles. The van der Waals surface area contributed by atoms with E-state index in [1.54, 1.807) is 30.3 Å². The second kappa shape index (κ2) is 5.32. The van der Waals surface area contributed by atoms with Crippen molar-refractivity contribution >= 4 is 6.08 Å². The van der Waals surface area contributed by atoms with Gasteiger partial charge in [-0.15, -0.1) is 0 Å². The minimum absolute atomic E-state index is 0.109. The highest BCUT2D eigenvalue weighted by molar-refractivity contribution is 5.50. The first kappa shape index (κ1) is 11.4. The molecule has 2 aromatic rings. The first-order valence-corrected chi connectivity index (χ1v) is 5.46. The van der Waals surface area contributed by atoms with Gasteiger partial charge in [0, 0.05) is 5.56 Å². The average molecular weight is 226 g/mol. The fourth-order valence-corrected chi connectivity index (χ4v) is 1.61. The molecule has 0 aromatic heterocycles. The predicted molar refractivity (Wildman–Crippen MR) is 68.5 cm³/mol. The van der Waals surface area contributed by atoms with Gasteiger partial charge in [-0.3, -0.25) is 0 Å². The van der Waals surface area contributed by atoms with Crippen molar-refractivity contribution in [2.24, 2.45) is 0 Å². The molecule has 2 rings (SSSR count). The molecule has 0 saturated heterocycles. The molecule has 2 heteroatoms. The van der Waals surface area contributed by atoms with Crippen molar-refractivity contribution in [2.45, 2.75) is 6.10 Å². The summed E-state index contributed by atoms with van der Waals surface area (Å²) in [4.78, 5) is 0. The van der Waals surface area contributed by atoms with Crippen molar-refractivity contribution in [1.82, 2.24) is 0 Å². The van der Waals surface area contributed by atoms with Gasteiger partial charge in [-0.05, 0) is 11.6 Å². The van der Waals surface area contributed by atoms with Crippen LogP contribution in [-0.4, -0.2) is 10.2 Å². The molecule has 1 atom stereocenters. The van der Waals surface area contributed by atoms with Crippen LogP contribution in [0.2, 0.25) is 0 Å². The van der Waals surface area contributed by atoms with E-state index in [0.717, 1.165) is 5.56 Å². The highest BCUT2D eigenvalue weighted by Crippen LogP contribution is 2.24. The van der Waals surface area contributed by atoms with Gasteiger partial charge >= 0.3 is 0 Å². The molecule has 2 N–H and O–H groups in total. The Hall–Kier alpha value is -2.06. The Kier molecular flexibility index (Phi) is 3.58. The van der Waals surface area contributed by atoms with Crippen molar-refractivity contribution in [3.63, 3.8) is 0 Å². The van der Waals surface area contributed by atoms with Gasteiger partial charge in [-0.2, -0.15) is 0 Å². The first-order chi connectivity index (χ1) is 8.27. The van der Waals surface area contributed by atoms with Crippen LogP contribution in [0.15, 0.2) is 60.7 Å². The van der Waals surface area contributed by atoms with Gasteiger partial charge in [-0.25, -0.2) is 0 Å². The molecule has 0 amide bonds. The van der Waals surface area contributed by atoms with Gasteiger partial charge in [0.1, 0.15) is 11.9 Å². The molecule has 0 aliphatic carbocycles. The van der Waals surface area contributed by atoms with Gasteiger partial charge in [-0.1, -0.05) is 60.7 Å². The summed E-state index contributed by atoms with van der Waals surface area (Å²) in [6.45, 7) is 0. The standard InChI is InChI=1S/C15H14O2/c16-14-9-5-4-8-13(14)15(17)11-10-12-6-2-1-3-7-12/h1-11,15-17H. The minimum atomic E-state index is -0.795. The Morgan fingerprint density at radius 3 is 2.24 bits per heavy atom. The molecule has 86 valence electrons. The van der Waals surface area contributed by atoms with Gasteiger partial charge in [0.2, 0.25) is 0 Å². The van der Waals surface area contributed by atoms with Crippen molar-refractivity contribution in [3.8, 4) is 5.75 Å². The third-order valence-corrected chi connectivity index (χ3v) is 2.53. The lowest BCUT2D eigenvalue weighted by molar-refractivity contribution is 0.224. The Morgan fingerprint density at radius 1 is 0.882 bits per heavy atom. The molecular formula is C15H14O2. The summed E-state index contributed by atoms with van der Waals surface area (Å²) in [6, 6.07) is 16.5. The largest absolute Gasteiger partial charge is 0.508 e. The molecule has 0 radical (unpaired) electrons. The maximum absolute atomic E-state index is 9.92. The highest BCUT2D eigenvalue weighted by Gasteiger charge is 2.07. The zero-order valence-electron chi connectivity index (χ0n) is 9.32. The summed E-state index contributed by atoms with van der Waals surface area (Å²) in [5, 5.41) is 19.5. The smallest absolute Gasteiger partial charge is 0.121 e. The van der Waals surface area contributed by atoms with E-state index in [-0.39, 0.29) is 5.75 Å². The summed E-state index contributed by atoms with van der Waals surface area (Å²) in [6.07, 6.45) is 2.69. The van der Waals surface area contributed by atoms with E-state index in [2.05, 4.69) is 0 Å². The average Bonchev–Trinajstić information content (AvgIpc) is 2.38. The molecule has 2 aromatic carbocycles. The van der Waals surface area contributed by atoms with Crippen molar-refractivity contribution in [2.75, 3.05) is 0 Å². The zero-order chi connectivity index (χ0) is 12.1. The van der Waals surface area contributed by atoms with E-state index in [9.17, 15) is 10.2 Å². The van der Waals surface area contributed by atoms with Crippen molar-refractivity contribution < 1.29 is 10.2 Å². The van der Waals surface area contributed by atoms with Crippen LogP contribution in [0.25, 0.3) is 6.08 Å². The number of aliphatic hydroxyl groups is 1. The quantitative estimate of drug-likeness (QED) is 0.844. The molecule has 0 heterocycles. The van der Waals surface area contributed by atoms with E-state index in [0.29, 0.717) is 5.56 Å². The van der Waals surface area contributed by atoms with Crippen molar-refractivity contribution in [3.05, 3.63) is 71.8 Å². The number of aliphatic hydroxyl groups excluding tert-OH is 1. The van der Waals surface area contributed by atoms with Crippen LogP contribution >= 0.6 is 0 Å². The Morgan fingerprint density at radius 2 is 1.53 bits per heavy atom. The lowest BCUT2D eigenvalue weighted by Crippen LogP contribution is -1.92. The molecule has 0 bridgehead atoms. The molecule has 0 spiro atoms. The Bertz CT molecular complexity index is 503.